The van der Waals surface area contributed by atoms with E-state index in [1.165, 1.54) is 0 Å². The molecule has 1 amide bonds. The first-order valence-electron chi connectivity index (χ1n) is 7.03. The summed E-state index contributed by atoms with van der Waals surface area (Å²) in [7, 11) is 0. The van der Waals surface area contributed by atoms with Crippen LogP contribution in [0.2, 0.25) is 0 Å². The van der Waals surface area contributed by atoms with Crippen LogP contribution in [0.15, 0.2) is 29.4 Å². The zero-order chi connectivity index (χ0) is 15.8. The minimum absolute atomic E-state index is 0.000199. The Bertz CT molecular complexity index is 501. The van der Waals surface area contributed by atoms with Gasteiger partial charge in [0.05, 0.1) is 12.1 Å². The van der Waals surface area contributed by atoms with Crippen LogP contribution in [0, 0.1) is 0 Å². The Kier molecular flexibility index (Phi) is 6.52. The Morgan fingerprint density at radius 3 is 2.76 bits per heavy atom. The first kappa shape index (κ1) is 16.8. The molecule has 0 radical (unpaired) electrons. The number of hydrogen-bond acceptors (Lipinski definition) is 4. The summed E-state index contributed by atoms with van der Waals surface area (Å²) in [4.78, 5) is 12.2. The maximum absolute atomic E-state index is 12.2. The van der Waals surface area contributed by atoms with Crippen molar-refractivity contribution in [2.75, 3.05) is 0 Å². The van der Waals surface area contributed by atoms with Crippen molar-refractivity contribution in [1.82, 2.24) is 5.32 Å². The molecule has 1 aromatic rings. The number of hydrogen-bond donors (Lipinski definition) is 3. The number of nitrogens with zero attached hydrogens (tertiary/aromatic N) is 1. The van der Waals surface area contributed by atoms with Gasteiger partial charge in [-0.25, -0.2) is 0 Å². The molecule has 116 valence electrons. The number of carbonyl (C=O) groups excluding carboxylic acids is 1. The first-order chi connectivity index (χ1) is 9.97. The lowest BCUT2D eigenvalue weighted by atomic mass is 10.1. The molecule has 0 bridgehead atoms. The molecule has 1 atom stereocenters. The Morgan fingerprint density at radius 1 is 1.48 bits per heavy atom. The highest BCUT2D eigenvalue weighted by molar-refractivity contribution is 5.98. The van der Waals surface area contributed by atoms with Crippen molar-refractivity contribution in [3.8, 4) is 5.75 Å². The smallest absolute Gasteiger partial charge is 0.252 e. The molecule has 21 heavy (non-hydrogen) atoms. The van der Waals surface area contributed by atoms with Crippen molar-refractivity contribution in [2.45, 2.75) is 45.8 Å². The van der Waals surface area contributed by atoms with Crippen LogP contribution in [0.3, 0.4) is 0 Å². The average Bonchev–Trinajstić information content (AvgIpc) is 2.45. The number of amidine groups is 1. The number of nitrogens with one attached hydrogen (secondary N) is 1. The van der Waals surface area contributed by atoms with Crippen LogP contribution in [0.25, 0.3) is 0 Å². The van der Waals surface area contributed by atoms with E-state index in [4.69, 9.17) is 15.7 Å². The number of amides is 1. The SMILES string of the molecule is CCCC(NC(=O)c1cccc(OC(C)C)c1)C(N)=NO. The maximum atomic E-state index is 12.2. The Labute approximate surface area is 125 Å². The van der Waals surface area contributed by atoms with Gasteiger partial charge in [-0.05, 0) is 38.5 Å². The largest absolute Gasteiger partial charge is 0.491 e. The summed E-state index contributed by atoms with van der Waals surface area (Å²) in [5, 5.41) is 14.5. The van der Waals surface area contributed by atoms with E-state index in [1.54, 1.807) is 24.3 Å². The second-order valence-corrected chi connectivity index (χ2v) is 5.03. The molecule has 0 aliphatic rings. The van der Waals surface area contributed by atoms with Crippen molar-refractivity contribution in [2.24, 2.45) is 10.9 Å². The molecule has 0 heterocycles. The van der Waals surface area contributed by atoms with Crippen molar-refractivity contribution < 1.29 is 14.7 Å². The normalized spacial score (nSPS) is 13.0. The third-order valence-electron chi connectivity index (χ3n) is 2.82. The van der Waals surface area contributed by atoms with Gasteiger partial charge in [-0.2, -0.15) is 0 Å². The van der Waals surface area contributed by atoms with Crippen LogP contribution in [-0.2, 0) is 0 Å². The lowest BCUT2D eigenvalue weighted by Gasteiger charge is -2.17. The van der Waals surface area contributed by atoms with Gasteiger partial charge in [-0.1, -0.05) is 24.6 Å². The molecule has 4 N–H and O–H groups in total. The van der Waals surface area contributed by atoms with Crippen molar-refractivity contribution in [3.05, 3.63) is 29.8 Å². The van der Waals surface area contributed by atoms with Crippen molar-refractivity contribution >= 4 is 11.7 Å². The second-order valence-electron chi connectivity index (χ2n) is 5.03. The molecule has 1 unspecified atom stereocenters. The minimum atomic E-state index is -0.484. The van der Waals surface area contributed by atoms with Gasteiger partial charge in [0, 0.05) is 5.56 Å². The lowest BCUT2D eigenvalue weighted by Crippen LogP contribution is -2.44. The minimum Gasteiger partial charge on any atom is -0.491 e. The molecule has 0 saturated carbocycles. The summed E-state index contributed by atoms with van der Waals surface area (Å²) < 4.78 is 5.56. The lowest BCUT2D eigenvalue weighted by molar-refractivity contribution is 0.0944. The van der Waals surface area contributed by atoms with Crippen molar-refractivity contribution in [3.63, 3.8) is 0 Å². The fourth-order valence-electron chi connectivity index (χ4n) is 1.88. The number of benzene rings is 1. The number of carbonyl (C=O) groups is 1. The van der Waals surface area contributed by atoms with E-state index in [0.29, 0.717) is 17.7 Å². The van der Waals surface area contributed by atoms with E-state index in [-0.39, 0.29) is 17.8 Å². The first-order valence-corrected chi connectivity index (χ1v) is 7.03. The monoisotopic (exact) mass is 293 g/mol. The summed E-state index contributed by atoms with van der Waals surface area (Å²) in [5.74, 6) is 0.350. The van der Waals surface area contributed by atoms with Gasteiger partial charge in [0.15, 0.2) is 5.84 Å². The molecule has 1 aromatic carbocycles. The number of nitrogens with two attached hydrogens (primary N) is 1. The van der Waals surface area contributed by atoms with Crippen LogP contribution in [-0.4, -0.2) is 29.1 Å². The third kappa shape index (κ3) is 5.33. The van der Waals surface area contributed by atoms with Crippen LogP contribution in [0.5, 0.6) is 5.75 Å². The molecular weight excluding hydrogens is 270 g/mol. The van der Waals surface area contributed by atoms with Gasteiger partial charge in [0.2, 0.25) is 0 Å². The van der Waals surface area contributed by atoms with Gasteiger partial charge < -0.3 is 21.0 Å². The molecule has 0 aliphatic carbocycles. The zero-order valence-corrected chi connectivity index (χ0v) is 12.7. The molecule has 0 spiro atoms. The molecule has 0 aromatic heterocycles. The molecule has 6 nitrogen and oxygen atoms in total. The van der Waals surface area contributed by atoms with E-state index >= 15 is 0 Å². The number of oxime groups is 1. The van der Waals surface area contributed by atoms with E-state index in [0.717, 1.165) is 6.42 Å². The van der Waals surface area contributed by atoms with Crippen LogP contribution in [0.1, 0.15) is 44.0 Å². The number of rotatable bonds is 7. The van der Waals surface area contributed by atoms with Gasteiger partial charge in [0.1, 0.15) is 5.75 Å². The van der Waals surface area contributed by atoms with Crippen LogP contribution in [0.4, 0.5) is 0 Å². The number of ether oxygens (including phenoxy) is 1. The summed E-state index contributed by atoms with van der Waals surface area (Å²) >= 11 is 0. The summed E-state index contributed by atoms with van der Waals surface area (Å²) in [5.41, 5.74) is 6.06. The van der Waals surface area contributed by atoms with E-state index in [9.17, 15) is 4.79 Å². The molecular formula is C15H23N3O3. The van der Waals surface area contributed by atoms with Crippen LogP contribution < -0.4 is 15.8 Å². The molecule has 1 rings (SSSR count). The van der Waals surface area contributed by atoms with E-state index in [2.05, 4.69) is 10.5 Å². The second kappa shape index (κ2) is 8.14. The highest BCUT2D eigenvalue weighted by Gasteiger charge is 2.17. The van der Waals surface area contributed by atoms with Gasteiger partial charge in [-0.3, -0.25) is 4.79 Å². The molecule has 0 aliphatic heterocycles. The summed E-state index contributed by atoms with van der Waals surface area (Å²) in [6.07, 6.45) is 1.44. The summed E-state index contributed by atoms with van der Waals surface area (Å²) in [6, 6.07) is 6.43. The van der Waals surface area contributed by atoms with Gasteiger partial charge >= 0.3 is 0 Å². The van der Waals surface area contributed by atoms with Crippen molar-refractivity contribution in [1.29, 1.82) is 0 Å². The Balaban J connectivity index is 2.82. The molecule has 0 fully saturated rings. The zero-order valence-electron chi connectivity index (χ0n) is 12.7. The van der Waals surface area contributed by atoms with Crippen LogP contribution >= 0.6 is 0 Å². The summed E-state index contributed by atoms with van der Waals surface area (Å²) in [6.45, 7) is 5.80. The highest BCUT2D eigenvalue weighted by Crippen LogP contribution is 2.15. The predicted octanol–water partition coefficient (Wildman–Crippen LogP) is 2.12. The topological polar surface area (TPSA) is 96.9 Å². The fraction of sp³-hybridized carbons (Fsp3) is 0.467. The predicted molar refractivity (Wildman–Crippen MR) is 81.8 cm³/mol. The average molecular weight is 293 g/mol. The van der Waals surface area contributed by atoms with Gasteiger partial charge in [-0.15, -0.1) is 0 Å². The van der Waals surface area contributed by atoms with E-state index in [1.807, 2.05) is 20.8 Å². The van der Waals surface area contributed by atoms with E-state index < -0.39 is 6.04 Å². The maximum Gasteiger partial charge on any atom is 0.252 e. The Morgan fingerprint density at radius 2 is 2.19 bits per heavy atom. The Hall–Kier alpha value is -2.24. The quantitative estimate of drug-likeness (QED) is 0.310. The molecule has 6 heteroatoms. The van der Waals surface area contributed by atoms with Gasteiger partial charge in [0.25, 0.3) is 5.91 Å². The highest BCUT2D eigenvalue weighted by atomic mass is 16.5. The molecule has 0 saturated heterocycles. The third-order valence-corrected chi connectivity index (χ3v) is 2.82. The standard InChI is InChI=1S/C15H23N3O3/c1-4-6-13(14(16)18-20)17-15(19)11-7-5-8-12(9-11)21-10(2)3/h5,7-10,13,20H,4,6H2,1-3H3,(H2,16,18)(H,17,19). The fourth-order valence-corrected chi connectivity index (χ4v) is 1.88.